The first-order valence-electron chi connectivity index (χ1n) is 13.4. The van der Waals surface area contributed by atoms with Crippen LogP contribution in [0.2, 0.25) is 0 Å². The van der Waals surface area contributed by atoms with Gasteiger partial charge in [-0.2, -0.15) is 0 Å². The van der Waals surface area contributed by atoms with Crippen LogP contribution in [0.15, 0.2) is 49.6 Å². The molecule has 7 nitrogen and oxygen atoms in total. The Morgan fingerprint density at radius 1 is 0.825 bits per heavy atom. The van der Waals surface area contributed by atoms with E-state index in [9.17, 15) is 14.7 Å². The van der Waals surface area contributed by atoms with E-state index in [2.05, 4.69) is 38.7 Å². The number of esters is 2. The van der Waals surface area contributed by atoms with E-state index < -0.39 is 5.97 Å². The molecule has 218 valence electrons. The number of carbonyl (C=O) groups excluding carboxylic acids is 2. The van der Waals surface area contributed by atoms with Crippen LogP contribution < -0.4 is 4.74 Å². The molecule has 7 heteroatoms. The molecule has 1 unspecified atom stereocenters. The number of benzene rings is 2. The van der Waals surface area contributed by atoms with Crippen LogP contribution in [-0.2, 0) is 14.2 Å². The second-order valence-electron chi connectivity index (χ2n) is 11.8. The van der Waals surface area contributed by atoms with Gasteiger partial charge in [-0.15, -0.1) is 0 Å². The van der Waals surface area contributed by atoms with E-state index in [1.165, 1.54) is 26.4 Å². The number of phenolic OH excluding ortho intramolecular Hbond substituents is 1. The van der Waals surface area contributed by atoms with Crippen LogP contribution in [-0.4, -0.2) is 44.2 Å². The van der Waals surface area contributed by atoms with Crippen LogP contribution >= 0.6 is 0 Å². The standard InChI is InChI=1S/C19H26O4.C14H18O3/c1-13(19(2,3)4)15-12-14(18(20)21-5)9-10-16(15)23-17-8-6-7-11-22-17;1-9(14(2,3)4)11-8-10(13(16)17-5)6-7-12(11)15/h9-10,12,17H,1,6-8,11H2,2-5H3;6-8,15H,1H2,2-5H3. The highest BCUT2D eigenvalue weighted by Gasteiger charge is 2.24. The van der Waals surface area contributed by atoms with Crippen molar-refractivity contribution in [3.63, 3.8) is 0 Å². The van der Waals surface area contributed by atoms with Gasteiger partial charge in [0.15, 0.2) is 6.29 Å². The lowest BCUT2D eigenvalue weighted by atomic mass is 9.82. The van der Waals surface area contributed by atoms with E-state index in [1.807, 2.05) is 20.8 Å². The van der Waals surface area contributed by atoms with Crippen molar-refractivity contribution < 1.29 is 33.6 Å². The highest BCUT2D eigenvalue weighted by atomic mass is 16.7. The van der Waals surface area contributed by atoms with Gasteiger partial charge in [0.05, 0.1) is 32.0 Å². The predicted octanol–water partition coefficient (Wildman–Crippen LogP) is 7.68. The van der Waals surface area contributed by atoms with Crippen molar-refractivity contribution in [1.82, 2.24) is 0 Å². The van der Waals surface area contributed by atoms with Crippen LogP contribution in [0, 0.1) is 10.8 Å². The molecular weight excluding hydrogens is 508 g/mol. The number of hydrogen-bond donors (Lipinski definition) is 1. The summed E-state index contributed by atoms with van der Waals surface area (Å²) in [5, 5.41) is 9.81. The van der Waals surface area contributed by atoms with Crippen molar-refractivity contribution in [3.8, 4) is 11.5 Å². The topological polar surface area (TPSA) is 91.3 Å². The number of aromatic hydroxyl groups is 1. The Morgan fingerprint density at radius 2 is 1.32 bits per heavy atom. The molecule has 40 heavy (non-hydrogen) atoms. The molecule has 2 aromatic rings. The van der Waals surface area contributed by atoms with Crippen molar-refractivity contribution in [3.05, 3.63) is 71.8 Å². The molecule has 1 heterocycles. The number of rotatable bonds is 6. The van der Waals surface area contributed by atoms with Crippen molar-refractivity contribution in [2.75, 3.05) is 20.8 Å². The second kappa shape index (κ2) is 13.7. The number of carbonyl (C=O) groups is 2. The SMILES string of the molecule is C=C(c1cc(C(=O)OC)ccc1O)C(C)(C)C.C=C(c1cc(C(=O)OC)ccc1OC1CCCCO1)C(C)(C)C. The van der Waals surface area contributed by atoms with E-state index in [4.69, 9.17) is 14.2 Å². The Bertz CT molecular complexity index is 1220. The van der Waals surface area contributed by atoms with Crippen molar-refractivity contribution in [1.29, 1.82) is 0 Å². The predicted molar refractivity (Wildman–Crippen MR) is 158 cm³/mol. The molecule has 1 fully saturated rings. The highest BCUT2D eigenvalue weighted by Crippen LogP contribution is 2.39. The summed E-state index contributed by atoms with van der Waals surface area (Å²) in [4.78, 5) is 23.2. The summed E-state index contributed by atoms with van der Waals surface area (Å²) in [6, 6.07) is 9.92. The fourth-order valence-corrected chi connectivity index (χ4v) is 3.89. The van der Waals surface area contributed by atoms with Crippen molar-refractivity contribution >= 4 is 23.1 Å². The third-order valence-corrected chi connectivity index (χ3v) is 6.68. The van der Waals surface area contributed by atoms with Gasteiger partial charge in [-0.1, -0.05) is 54.7 Å². The maximum atomic E-state index is 11.8. The Kier molecular flexibility index (Phi) is 11.1. The van der Waals surface area contributed by atoms with Gasteiger partial charge in [0.1, 0.15) is 11.5 Å². The van der Waals surface area contributed by atoms with Gasteiger partial charge in [0.2, 0.25) is 0 Å². The minimum Gasteiger partial charge on any atom is -0.507 e. The van der Waals surface area contributed by atoms with Gasteiger partial charge in [0.25, 0.3) is 0 Å². The van der Waals surface area contributed by atoms with Crippen LogP contribution in [0.1, 0.15) is 92.6 Å². The third-order valence-electron chi connectivity index (χ3n) is 6.68. The summed E-state index contributed by atoms with van der Waals surface area (Å²) in [7, 11) is 2.70. The van der Waals surface area contributed by atoms with Gasteiger partial charge in [-0.05, 0) is 71.2 Å². The Hall–Kier alpha value is -3.58. The molecule has 0 radical (unpaired) electrons. The van der Waals surface area contributed by atoms with E-state index in [1.54, 1.807) is 24.3 Å². The zero-order chi connectivity index (χ0) is 30.3. The molecule has 3 rings (SSSR count). The number of phenols is 1. The minimum absolute atomic E-state index is 0.123. The maximum absolute atomic E-state index is 11.8. The summed E-state index contributed by atoms with van der Waals surface area (Å²) >= 11 is 0. The largest absolute Gasteiger partial charge is 0.507 e. The van der Waals surface area contributed by atoms with E-state index >= 15 is 0 Å². The first-order chi connectivity index (χ1) is 18.6. The average Bonchev–Trinajstić information content (AvgIpc) is 2.91. The first-order valence-corrected chi connectivity index (χ1v) is 13.4. The van der Waals surface area contributed by atoms with Gasteiger partial charge >= 0.3 is 11.9 Å². The Morgan fingerprint density at radius 3 is 1.80 bits per heavy atom. The molecule has 2 aromatic carbocycles. The van der Waals surface area contributed by atoms with Crippen LogP contribution in [0.3, 0.4) is 0 Å². The lowest BCUT2D eigenvalue weighted by Crippen LogP contribution is -2.25. The molecule has 0 aromatic heterocycles. The van der Waals surface area contributed by atoms with E-state index in [-0.39, 0.29) is 28.8 Å². The van der Waals surface area contributed by atoms with Crippen LogP contribution in [0.25, 0.3) is 11.1 Å². The quantitative estimate of drug-likeness (QED) is 0.368. The lowest BCUT2D eigenvalue weighted by molar-refractivity contribution is -0.106. The first kappa shape index (κ1) is 32.6. The molecule has 0 aliphatic carbocycles. The van der Waals surface area contributed by atoms with Crippen LogP contribution in [0.4, 0.5) is 0 Å². The molecule has 0 saturated carbocycles. The Balaban J connectivity index is 0.000000294. The average molecular weight is 553 g/mol. The Labute approximate surface area is 238 Å². The maximum Gasteiger partial charge on any atom is 0.337 e. The summed E-state index contributed by atoms with van der Waals surface area (Å²) < 4.78 is 21.2. The van der Waals surface area contributed by atoms with Crippen molar-refractivity contribution in [2.24, 2.45) is 10.8 Å². The van der Waals surface area contributed by atoms with E-state index in [0.717, 1.165) is 42.6 Å². The zero-order valence-corrected chi connectivity index (χ0v) is 25.2. The summed E-state index contributed by atoms with van der Waals surface area (Å²) in [6.07, 6.45) is 2.81. The van der Waals surface area contributed by atoms with E-state index in [0.29, 0.717) is 22.4 Å². The summed E-state index contributed by atoms with van der Waals surface area (Å²) in [5.74, 6) is 0.0310. The van der Waals surface area contributed by atoms with Gasteiger partial charge in [-0.3, -0.25) is 0 Å². The third kappa shape index (κ3) is 8.71. The normalized spacial score (nSPS) is 15.2. The van der Waals surface area contributed by atoms with Crippen molar-refractivity contribution in [2.45, 2.75) is 67.1 Å². The number of allylic oxidation sites excluding steroid dienone is 2. The zero-order valence-electron chi connectivity index (χ0n) is 25.2. The molecule has 1 saturated heterocycles. The summed E-state index contributed by atoms with van der Waals surface area (Å²) in [5.41, 5.74) is 3.69. The molecular formula is C33H44O7. The molecule has 1 atom stereocenters. The minimum atomic E-state index is -0.423. The van der Waals surface area contributed by atoms with Gasteiger partial charge in [-0.25, -0.2) is 9.59 Å². The molecule has 0 amide bonds. The highest BCUT2D eigenvalue weighted by molar-refractivity contribution is 5.92. The van der Waals surface area contributed by atoms with Gasteiger partial charge in [0, 0.05) is 17.5 Å². The smallest absolute Gasteiger partial charge is 0.337 e. The number of ether oxygens (including phenoxy) is 4. The lowest BCUT2D eigenvalue weighted by Gasteiger charge is -2.28. The summed E-state index contributed by atoms with van der Waals surface area (Å²) in [6.45, 7) is 21.1. The fraction of sp³-hybridized carbons (Fsp3) is 0.455. The number of hydrogen-bond acceptors (Lipinski definition) is 7. The molecule has 1 aliphatic heterocycles. The number of methoxy groups -OCH3 is 2. The van der Waals surface area contributed by atoms with Crippen LogP contribution in [0.5, 0.6) is 11.5 Å². The fourth-order valence-electron chi connectivity index (χ4n) is 3.89. The molecule has 1 aliphatic rings. The second-order valence-corrected chi connectivity index (χ2v) is 11.8. The van der Waals surface area contributed by atoms with Gasteiger partial charge < -0.3 is 24.1 Å². The molecule has 0 spiro atoms. The monoisotopic (exact) mass is 552 g/mol. The molecule has 1 N–H and O–H groups in total. The molecule has 0 bridgehead atoms.